The largest absolute Gasteiger partial charge is 0.300 e. The average molecular weight is 237 g/mol. The van der Waals surface area contributed by atoms with Crippen LogP contribution in [0.25, 0.3) is 0 Å². The third-order valence-electron chi connectivity index (χ3n) is 3.49. The van der Waals surface area contributed by atoms with Gasteiger partial charge in [0.2, 0.25) is 0 Å². The summed E-state index contributed by atoms with van der Waals surface area (Å²) in [4.78, 5) is 2.56. The summed E-state index contributed by atoms with van der Waals surface area (Å²) in [7, 11) is 0. The molecular formula is C14H27N3. The van der Waals surface area contributed by atoms with Crippen molar-refractivity contribution in [1.82, 2.24) is 10.2 Å². The van der Waals surface area contributed by atoms with E-state index in [4.69, 9.17) is 0 Å². The molecule has 0 aromatic rings. The Bertz CT molecular complexity index is 255. The van der Waals surface area contributed by atoms with E-state index in [1.54, 1.807) is 0 Å². The fourth-order valence-electron chi connectivity index (χ4n) is 2.16. The number of nitrogens with zero attached hydrogens (tertiary/aromatic N) is 2. The maximum absolute atomic E-state index is 9.28. The molecular weight excluding hydrogens is 210 g/mol. The van der Waals surface area contributed by atoms with Gasteiger partial charge in [-0.15, -0.1) is 0 Å². The van der Waals surface area contributed by atoms with Crippen molar-refractivity contribution in [2.45, 2.75) is 64.5 Å². The highest BCUT2D eigenvalue weighted by molar-refractivity contribution is 5.04. The summed E-state index contributed by atoms with van der Waals surface area (Å²) in [5, 5.41) is 12.6. The number of nitrogens with one attached hydrogen (secondary N) is 1. The van der Waals surface area contributed by atoms with E-state index < -0.39 is 0 Å². The Hall–Kier alpha value is -0.590. The van der Waals surface area contributed by atoms with Gasteiger partial charge in [-0.05, 0) is 52.1 Å². The van der Waals surface area contributed by atoms with Crippen LogP contribution in [-0.4, -0.2) is 36.1 Å². The second-order valence-electron chi connectivity index (χ2n) is 5.39. The molecule has 1 saturated carbocycles. The van der Waals surface area contributed by atoms with Crippen LogP contribution in [0.5, 0.6) is 0 Å². The molecule has 1 unspecified atom stereocenters. The van der Waals surface area contributed by atoms with Crippen molar-refractivity contribution in [3.8, 4) is 6.07 Å². The normalized spacial score (nSPS) is 19.0. The number of nitriles is 1. The van der Waals surface area contributed by atoms with Crippen LogP contribution in [0.1, 0.15) is 52.9 Å². The Kier molecular flexibility index (Phi) is 5.94. The zero-order valence-corrected chi connectivity index (χ0v) is 11.6. The van der Waals surface area contributed by atoms with Crippen LogP contribution in [0.2, 0.25) is 0 Å². The fraction of sp³-hybridized carbons (Fsp3) is 0.929. The maximum Gasteiger partial charge on any atom is 0.105 e. The molecule has 17 heavy (non-hydrogen) atoms. The van der Waals surface area contributed by atoms with Crippen LogP contribution >= 0.6 is 0 Å². The molecule has 0 radical (unpaired) electrons. The van der Waals surface area contributed by atoms with Gasteiger partial charge < -0.3 is 4.90 Å². The van der Waals surface area contributed by atoms with E-state index in [-0.39, 0.29) is 5.54 Å². The first kappa shape index (κ1) is 14.5. The van der Waals surface area contributed by atoms with Crippen LogP contribution in [0.3, 0.4) is 0 Å². The zero-order valence-electron chi connectivity index (χ0n) is 11.6. The molecule has 1 atom stereocenters. The first-order valence-electron chi connectivity index (χ1n) is 7.05. The average Bonchev–Trinajstić information content (AvgIpc) is 3.16. The number of hydrogen-bond acceptors (Lipinski definition) is 3. The molecule has 0 aromatic heterocycles. The Balaban J connectivity index is 2.36. The Labute approximate surface area is 106 Å². The molecule has 0 amide bonds. The topological polar surface area (TPSA) is 39.1 Å². The van der Waals surface area contributed by atoms with Crippen molar-refractivity contribution in [3.05, 3.63) is 0 Å². The van der Waals surface area contributed by atoms with Gasteiger partial charge in [0.1, 0.15) is 5.54 Å². The molecule has 0 aromatic carbocycles. The summed E-state index contributed by atoms with van der Waals surface area (Å²) in [6.45, 7) is 9.56. The smallest absolute Gasteiger partial charge is 0.105 e. The van der Waals surface area contributed by atoms with E-state index in [0.717, 1.165) is 32.0 Å². The predicted octanol–water partition coefficient (Wildman–Crippen LogP) is 2.53. The Morgan fingerprint density at radius 2 is 2.00 bits per heavy atom. The standard InChI is InChI=1S/C14H27N3/c1-4-9-16-14(3,12-15)8-11-17(10-5-2)13-6-7-13/h13,16H,4-11H2,1-3H3. The van der Waals surface area contributed by atoms with Crippen molar-refractivity contribution < 1.29 is 0 Å². The van der Waals surface area contributed by atoms with E-state index in [1.165, 1.54) is 25.8 Å². The molecule has 0 spiro atoms. The molecule has 1 rings (SSSR count). The van der Waals surface area contributed by atoms with Gasteiger partial charge in [0.05, 0.1) is 6.07 Å². The maximum atomic E-state index is 9.28. The molecule has 1 fully saturated rings. The third-order valence-corrected chi connectivity index (χ3v) is 3.49. The molecule has 1 aliphatic carbocycles. The summed E-state index contributed by atoms with van der Waals surface area (Å²) < 4.78 is 0. The lowest BCUT2D eigenvalue weighted by Gasteiger charge is -2.28. The third kappa shape index (κ3) is 5.06. The van der Waals surface area contributed by atoms with Crippen LogP contribution < -0.4 is 5.32 Å². The van der Waals surface area contributed by atoms with E-state index >= 15 is 0 Å². The molecule has 3 heteroatoms. The lowest BCUT2D eigenvalue weighted by molar-refractivity contribution is 0.236. The summed E-state index contributed by atoms with van der Waals surface area (Å²) in [6, 6.07) is 3.24. The minimum atomic E-state index is -0.350. The van der Waals surface area contributed by atoms with Gasteiger partial charge in [0.15, 0.2) is 0 Å². The Morgan fingerprint density at radius 3 is 2.47 bits per heavy atom. The van der Waals surface area contributed by atoms with Gasteiger partial charge in [-0.2, -0.15) is 5.26 Å². The van der Waals surface area contributed by atoms with Crippen LogP contribution in [0.4, 0.5) is 0 Å². The minimum absolute atomic E-state index is 0.350. The lowest BCUT2D eigenvalue weighted by Crippen LogP contribution is -2.44. The fourth-order valence-corrected chi connectivity index (χ4v) is 2.16. The summed E-state index contributed by atoms with van der Waals surface area (Å²) in [6.07, 6.45) is 5.93. The highest BCUT2D eigenvalue weighted by Gasteiger charge is 2.30. The second-order valence-corrected chi connectivity index (χ2v) is 5.39. The molecule has 0 saturated heterocycles. The number of hydrogen-bond donors (Lipinski definition) is 1. The molecule has 0 aliphatic heterocycles. The molecule has 3 nitrogen and oxygen atoms in total. The highest BCUT2D eigenvalue weighted by atomic mass is 15.2. The van der Waals surface area contributed by atoms with Gasteiger partial charge in [-0.25, -0.2) is 0 Å². The lowest BCUT2D eigenvalue weighted by atomic mass is 9.99. The van der Waals surface area contributed by atoms with Gasteiger partial charge in [-0.3, -0.25) is 5.32 Å². The minimum Gasteiger partial charge on any atom is -0.300 e. The Morgan fingerprint density at radius 1 is 1.29 bits per heavy atom. The van der Waals surface area contributed by atoms with E-state index in [0.29, 0.717) is 0 Å². The molecule has 98 valence electrons. The quantitative estimate of drug-likeness (QED) is 0.670. The molecule has 1 N–H and O–H groups in total. The molecule has 1 aliphatic rings. The van der Waals surface area contributed by atoms with Crippen molar-refractivity contribution in [3.63, 3.8) is 0 Å². The summed E-state index contributed by atoms with van der Waals surface area (Å²) >= 11 is 0. The van der Waals surface area contributed by atoms with Gasteiger partial charge in [-0.1, -0.05) is 13.8 Å². The van der Waals surface area contributed by atoms with Crippen LogP contribution in [0.15, 0.2) is 0 Å². The van der Waals surface area contributed by atoms with Crippen molar-refractivity contribution in [2.75, 3.05) is 19.6 Å². The second kappa shape index (κ2) is 6.98. The highest BCUT2D eigenvalue weighted by Crippen LogP contribution is 2.27. The first-order valence-corrected chi connectivity index (χ1v) is 7.05. The van der Waals surface area contributed by atoms with E-state index in [9.17, 15) is 5.26 Å². The van der Waals surface area contributed by atoms with Crippen molar-refractivity contribution in [1.29, 1.82) is 5.26 Å². The van der Waals surface area contributed by atoms with Crippen LogP contribution in [-0.2, 0) is 0 Å². The number of rotatable bonds is 9. The van der Waals surface area contributed by atoms with Crippen molar-refractivity contribution in [2.24, 2.45) is 0 Å². The monoisotopic (exact) mass is 237 g/mol. The van der Waals surface area contributed by atoms with Gasteiger partial charge >= 0.3 is 0 Å². The first-order chi connectivity index (χ1) is 8.15. The summed E-state index contributed by atoms with van der Waals surface area (Å²) in [5.74, 6) is 0. The summed E-state index contributed by atoms with van der Waals surface area (Å²) in [5.41, 5.74) is -0.350. The van der Waals surface area contributed by atoms with Crippen LogP contribution in [0, 0.1) is 11.3 Å². The van der Waals surface area contributed by atoms with Gasteiger partial charge in [0.25, 0.3) is 0 Å². The predicted molar refractivity (Wildman–Crippen MR) is 71.8 cm³/mol. The van der Waals surface area contributed by atoms with Gasteiger partial charge in [0, 0.05) is 12.6 Å². The van der Waals surface area contributed by atoms with E-state index in [2.05, 4.69) is 30.1 Å². The SMILES string of the molecule is CCCNC(C)(C#N)CCN(CCC)C1CC1. The zero-order chi connectivity index (χ0) is 12.7. The molecule has 0 heterocycles. The molecule has 0 bridgehead atoms. The van der Waals surface area contributed by atoms with E-state index in [1.807, 2.05) is 6.92 Å². The van der Waals surface area contributed by atoms with Crippen molar-refractivity contribution >= 4 is 0 Å².